The number of carbonyl (C=O) groups excluding carboxylic acids is 4. The lowest BCUT2D eigenvalue weighted by Gasteiger charge is -2.36. The Morgan fingerprint density at radius 1 is 1.02 bits per heavy atom. The van der Waals surface area contributed by atoms with E-state index >= 15 is 0 Å². The van der Waals surface area contributed by atoms with Gasteiger partial charge in [0, 0.05) is 13.5 Å². The fraction of sp³-hybridized carbons (Fsp3) is 0.543. The average Bonchev–Trinajstić information content (AvgIpc) is 3.22. The van der Waals surface area contributed by atoms with Gasteiger partial charge in [-0.25, -0.2) is 4.79 Å². The fourth-order valence-electron chi connectivity index (χ4n) is 7.12. The summed E-state index contributed by atoms with van der Waals surface area (Å²) < 4.78 is 5.41. The first-order valence-electron chi connectivity index (χ1n) is 16.0. The van der Waals surface area contributed by atoms with Gasteiger partial charge in [-0.05, 0) is 93.2 Å². The van der Waals surface area contributed by atoms with Gasteiger partial charge in [0.05, 0.1) is 12.1 Å². The predicted molar refractivity (Wildman–Crippen MR) is 171 cm³/mol. The summed E-state index contributed by atoms with van der Waals surface area (Å²) in [4.78, 5) is 57.7. The summed E-state index contributed by atoms with van der Waals surface area (Å²) in [7, 11) is 1.45. The minimum atomic E-state index is -1.10. The van der Waals surface area contributed by atoms with Gasteiger partial charge in [-0.1, -0.05) is 38.1 Å². The van der Waals surface area contributed by atoms with Crippen molar-refractivity contribution >= 4 is 23.8 Å². The van der Waals surface area contributed by atoms with Crippen LogP contribution in [-0.2, 0) is 32.0 Å². The van der Waals surface area contributed by atoms with Gasteiger partial charge >= 0.3 is 6.09 Å². The highest BCUT2D eigenvalue weighted by atomic mass is 16.6. The molecule has 1 unspecified atom stereocenters. The Morgan fingerprint density at radius 3 is 2.39 bits per heavy atom. The molecule has 4 N–H and O–H groups in total. The van der Waals surface area contributed by atoms with E-state index in [1.54, 1.807) is 25.7 Å². The van der Waals surface area contributed by atoms with Crippen LogP contribution in [0.5, 0.6) is 11.5 Å². The van der Waals surface area contributed by atoms with Crippen LogP contribution in [0.25, 0.3) is 0 Å². The highest BCUT2D eigenvalue weighted by molar-refractivity contribution is 5.95. The topological polar surface area (TPSA) is 149 Å². The predicted octanol–water partition coefficient (Wildman–Crippen LogP) is 4.26. The zero-order valence-corrected chi connectivity index (χ0v) is 27.7. The Balaban J connectivity index is 1.47. The molecule has 11 heteroatoms. The molecule has 248 valence electrons. The third kappa shape index (κ3) is 6.37. The summed E-state index contributed by atoms with van der Waals surface area (Å²) in [5, 5.41) is 27.0. The van der Waals surface area contributed by atoms with Gasteiger partial charge in [-0.15, -0.1) is 0 Å². The highest BCUT2D eigenvalue weighted by Crippen LogP contribution is 2.51. The van der Waals surface area contributed by atoms with Crippen LogP contribution in [0.3, 0.4) is 0 Å². The summed E-state index contributed by atoms with van der Waals surface area (Å²) in [5.74, 6) is -1.98. The molecule has 0 radical (unpaired) electrons. The molecule has 0 spiro atoms. The van der Waals surface area contributed by atoms with E-state index in [-0.39, 0.29) is 29.9 Å². The lowest BCUT2D eigenvalue weighted by molar-refractivity contribution is -0.145. The highest BCUT2D eigenvalue weighted by Gasteiger charge is 2.55. The Morgan fingerprint density at radius 2 is 1.70 bits per heavy atom. The van der Waals surface area contributed by atoms with Crippen LogP contribution >= 0.6 is 0 Å². The number of aryl methyl sites for hydroxylation is 1. The second-order valence-corrected chi connectivity index (χ2v) is 14.6. The second-order valence-electron chi connectivity index (χ2n) is 14.6. The lowest BCUT2D eigenvalue weighted by atomic mass is 9.80. The van der Waals surface area contributed by atoms with E-state index in [0.717, 1.165) is 24.8 Å². The fourth-order valence-corrected chi connectivity index (χ4v) is 7.12. The number of rotatable bonds is 5. The lowest BCUT2D eigenvalue weighted by Crippen LogP contribution is -2.58. The van der Waals surface area contributed by atoms with Crippen LogP contribution in [0.1, 0.15) is 95.1 Å². The third-order valence-electron chi connectivity index (χ3n) is 9.54. The number of amides is 4. The summed E-state index contributed by atoms with van der Waals surface area (Å²) in [6.07, 6.45) is 2.42. The number of carbonyl (C=O) groups is 4. The maximum atomic E-state index is 14.5. The molecule has 46 heavy (non-hydrogen) atoms. The number of phenols is 2. The maximum absolute atomic E-state index is 14.5. The van der Waals surface area contributed by atoms with Crippen LogP contribution in [0.2, 0.25) is 0 Å². The van der Waals surface area contributed by atoms with Gasteiger partial charge < -0.3 is 30.5 Å². The zero-order valence-electron chi connectivity index (χ0n) is 27.7. The van der Waals surface area contributed by atoms with Crippen molar-refractivity contribution < 1.29 is 34.1 Å². The molecule has 11 nitrogen and oxygen atoms in total. The van der Waals surface area contributed by atoms with Gasteiger partial charge in [-0.3, -0.25) is 19.3 Å². The van der Waals surface area contributed by atoms with Crippen LogP contribution in [0, 0.1) is 5.41 Å². The summed E-state index contributed by atoms with van der Waals surface area (Å²) in [6.45, 7) is 10.6. The third-order valence-corrected chi connectivity index (χ3v) is 9.54. The molecule has 1 aliphatic carbocycles. The van der Waals surface area contributed by atoms with Crippen molar-refractivity contribution in [1.29, 1.82) is 0 Å². The Labute approximate surface area is 270 Å². The van der Waals surface area contributed by atoms with E-state index < -0.39 is 53.1 Å². The molecule has 5 rings (SSSR count). The first kappa shape index (κ1) is 33.1. The Kier molecular flexibility index (Phi) is 8.74. The van der Waals surface area contributed by atoms with Crippen molar-refractivity contribution in [3.63, 3.8) is 0 Å². The largest absolute Gasteiger partial charge is 0.504 e. The van der Waals surface area contributed by atoms with E-state index in [4.69, 9.17) is 4.74 Å². The quantitative estimate of drug-likeness (QED) is 0.359. The molecular weight excluding hydrogens is 588 g/mol. The van der Waals surface area contributed by atoms with E-state index in [1.807, 2.05) is 32.0 Å². The minimum Gasteiger partial charge on any atom is -0.504 e. The standard InChI is InChI=1S/C35H46N4O7/c1-19(38(7)33(45)46-34(2,3)4)30(42)37-25-15-21-16-27(40)28(41)17-23(21)26-18-35(5,6)29(39(26)32(25)44)31(43)36-24-14-10-12-20-11-8-9-13-22(20)24/h8-9,11,13,16-17,19,24-26,29,40-41H,10,12,14-15,18H2,1-7H3,(H,36,43)(H,37,42)/t19-,24+,25-,26+,29?/m0/s1. The van der Waals surface area contributed by atoms with Crippen molar-refractivity contribution in [1.82, 2.24) is 20.4 Å². The number of nitrogens with zero attached hydrogens (tertiary/aromatic N) is 2. The molecule has 1 fully saturated rings. The summed E-state index contributed by atoms with van der Waals surface area (Å²) >= 11 is 0. The number of fused-ring (bicyclic) bond motifs is 4. The minimum absolute atomic E-state index is 0.0222. The molecule has 2 heterocycles. The molecule has 3 aliphatic rings. The van der Waals surface area contributed by atoms with Crippen LogP contribution in [0.4, 0.5) is 4.79 Å². The first-order valence-corrected chi connectivity index (χ1v) is 16.0. The normalized spacial score (nSPS) is 24.1. The van der Waals surface area contributed by atoms with Gasteiger partial charge in [0.1, 0.15) is 23.7 Å². The van der Waals surface area contributed by atoms with Crippen molar-refractivity contribution in [3.8, 4) is 11.5 Å². The van der Waals surface area contributed by atoms with Gasteiger partial charge in [-0.2, -0.15) is 0 Å². The van der Waals surface area contributed by atoms with E-state index in [0.29, 0.717) is 17.5 Å². The van der Waals surface area contributed by atoms with Crippen molar-refractivity contribution in [2.45, 2.75) is 109 Å². The van der Waals surface area contributed by atoms with Crippen molar-refractivity contribution in [2.75, 3.05) is 7.05 Å². The number of likely N-dealkylation sites (N-methyl/N-ethyl adjacent to an activating group) is 1. The molecule has 2 aromatic carbocycles. The number of hydrogen-bond acceptors (Lipinski definition) is 7. The summed E-state index contributed by atoms with van der Waals surface area (Å²) in [5.41, 5.74) is 2.04. The number of nitrogens with one attached hydrogen (secondary N) is 2. The smallest absolute Gasteiger partial charge is 0.410 e. The SMILES string of the molecule is C[C@@H](C(=O)N[C@H]1Cc2cc(O)c(O)cc2[C@H]2CC(C)(C)C(C(=O)N[C@@H]3CCCc4ccccc43)N2C1=O)N(C)C(=O)OC(C)(C)C. The van der Waals surface area contributed by atoms with E-state index in [1.165, 1.54) is 36.6 Å². The van der Waals surface area contributed by atoms with Gasteiger partial charge in [0.15, 0.2) is 11.5 Å². The molecule has 4 amide bonds. The monoisotopic (exact) mass is 634 g/mol. The van der Waals surface area contributed by atoms with Crippen LogP contribution in [-0.4, -0.2) is 74.6 Å². The molecule has 0 aromatic heterocycles. The number of benzene rings is 2. The van der Waals surface area contributed by atoms with Gasteiger partial charge in [0.25, 0.3) is 0 Å². The molecule has 0 bridgehead atoms. The number of phenolic OH excluding ortho intramolecular Hbond substituents is 2. The van der Waals surface area contributed by atoms with E-state index in [2.05, 4.69) is 16.7 Å². The summed E-state index contributed by atoms with van der Waals surface area (Å²) in [6, 6.07) is 7.21. The number of aromatic hydroxyl groups is 2. The molecule has 1 saturated heterocycles. The Bertz CT molecular complexity index is 1550. The second kappa shape index (κ2) is 12.1. The number of ether oxygens (including phenoxy) is 1. The zero-order chi connectivity index (χ0) is 33.7. The molecular formula is C35H46N4O7. The van der Waals surface area contributed by atoms with Crippen LogP contribution < -0.4 is 10.6 Å². The number of hydrogen-bond donors (Lipinski definition) is 4. The van der Waals surface area contributed by atoms with E-state index in [9.17, 15) is 29.4 Å². The molecule has 5 atom stereocenters. The van der Waals surface area contributed by atoms with Crippen LogP contribution in [0.15, 0.2) is 36.4 Å². The average molecular weight is 635 g/mol. The maximum Gasteiger partial charge on any atom is 0.410 e. The van der Waals surface area contributed by atoms with Crippen molar-refractivity contribution in [2.24, 2.45) is 5.41 Å². The van der Waals surface area contributed by atoms with Crippen molar-refractivity contribution in [3.05, 3.63) is 58.7 Å². The molecule has 2 aliphatic heterocycles. The van der Waals surface area contributed by atoms with Gasteiger partial charge in [0.2, 0.25) is 17.7 Å². The Hall–Kier alpha value is -4.28. The molecule has 0 saturated carbocycles. The first-order chi connectivity index (χ1) is 21.5. The molecule has 2 aromatic rings.